The highest BCUT2D eigenvalue weighted by Gasteiger charge is 2.20. The average molecular weight is 1110 g/mol. The predicted octanol–water partition coefficient (Wildman–Crippen LogP) is 23.5. The number of carbonyl (C=O) groups excluding carboxylic acids is 2. The Hall–Kier alpha value is -1.40. The molecule has 3 N–H and O–H groups in total. The molecule has 0 fully saturated rings. The number of carbonyl (C=O) groups is 2. The van der Waals surface area contributed by atoms with Crippen LogP contribution in [0.2, 0.25) is 0 Å². The third kappa shape index (κ3) is 65.6. The molecule has 0 aromatic rings. The Morgan fingerprint density at radius 3 is 0.899 bits per heavy atom. The molecule has 0 aromatic carbocycles. The molecule has 0 radical (unpaired) electrons. The Labute approximate surface area is 495 Å². The van der Waals surface area contributed by atoms with E-state index in [2.05, 4.69) is 31.3 Å². The second-order valence-electron chi connectivity index (χ2n) is 25.3. The highest BCUT2D eigenvalue weighted by Crippen LogP contribution is 2.19. The van der Waals surface area contributed by atoms with E-state index in [-0.39, 0.29) is 18.5 Å². The van der Waals surface area contributed by atoms with E-state index in [0.29, 0.717) is 25.9 Å². The summed E-state index contributed by atoms with van der Waals surface area (Å²) in [6, 6.07) is -0.544. The summed E-state index contributed by atoms with van der Waals surface area (Å²) in [7, 11) is 0. The number of hydrogen-bond acceptors (Lipinski definition) is 5. The number of nitrogens with one attached hydrogen (secondary N) is 1. The van der Waals surface area contributed by atoms with Gasteiger partial charge in [0.2, 0.25) is 5.91 Å². The molecule has 6 nitrogen and oxygen atoms in total. The Morgan fingerprint density at radius 1 is 0.342 bits per heavy atom. The molecule has 6 heteroatoms. The maximum absolute atomic E-state index is 12.5. The maximum atomic E-state index is 12.5. The monoisotopic (exact) mass is 1110 g/mol. The number of ether oxygens (including phenoxy) is 1. The molecular formula is C73H143NO5. The number of aliphatic hydroxyl groups excluding tert-OH is 2. The van der Waals surface area contributed by atoms with Gasteiger partial charge in [0.25, 0.3) is 0 Å². The van der Waals surface area contributed by atoms with Crippen LogP contribution in [0.5, 0.6) is 0 Å². The highest BCUT2D eigenvalue weighted by atomic mass is 16.5. The lowest BCUT2D eigenvalue weighted by Crippen LogP contribution is -2.45. The number of rotatable bonds is 69. The molecule has 470 valence electrons. The fourth-order valence-corrected chi connectivity index (χ4v) is 11.8. The SMILES string of the molecule is CCCCCCCCCCCCCCCCCCCCCC(O)C(CO)NC(=O)CCCCCCCCCCC/C=C\CCCCCCCCCCCCCCOC(=O)CCCCCCCCCCCCCCCCCCCC. The summed E-state index contributed by atoms with van der Waals surface area (Å²) in [4.78, 5) is 24.7. The highest BCUT2D eigenvalue weighted by molar-refractivity contribution is 5.76. The van der Waals surface area contributed by atoms with Crippen LogP contribution in [0.25, 0.3) is 0 Å². The molecule has 0 spiro atoms. The van der Waals surface area contributed by atoms with Crippen LogP contribution in [0.4, 0.5) is 0 Å². The van der Waals surface area contributed by atoms with E-state index in [1.54, 1.807) is 0 Å². The van der Waals surface area contributed by atoms with Crippen LogP contribution in [0.3, 0.4) is 0 Å². The molecule has 1 amide bonds. The van der Waals surface area contributed by atoms with Gasteiger partial charge in [0.1, 0.15) is 0 Å². The summed E-state index contributed by atoms with van der Waals surface area (Å²) in [6.45, 7) is 5.00. The lowest BCUT2D eigenvalue weighted by Gasteiger charge is -2.22. The molecular weight excluding hydrogens is 971 g/mol. The number of hydrogen-bond donors (Lipinski definition) is 3. The summed E-state index contributed by atoms with van der Waals surface area (Å²) in [5.74, 6) is -0.0143. The van der Waals surface area contributed by atoms with E-state index < -0.39 is 12.1 Å². The number of unbranched alkanes of at least 4 members (excludes halogenated alkanes) is 56. The van der Waals surface area contributed by atoms with E-state index in [1.165, 1.54) is 347 Å². The summed E-state index contributed by atoms with van der Waals surface area (Å²) in [5, 5.41) is 23.4. The van der Waals surface area contributed by atoms with E-state index in [4.69, 9.17) is 4.74 Å². The largest absolute Gasteiger partial charge is 0.466 e. The first-order chi connectivity index (χ1) is 39.0. The fraction of sp³-hybridized carbons (Fsp3) is 0.945. The van der Waals surface area contributed by atoms with E-state index in [9.17, 15) is 19.8 Å². The standard InChI is InChI=1S/C73H143NO5/c1-3-5-7-9-11-13-15-17-19-21-30-33-37-41-45-49-53-57-61-65-71(76)70(69-75)74-72(77)66-62-58-54-50-46-42-38-34-31-28-26-24-23-25-27-29-32-36-40-44-48-52-56-60-64-68-79-73(78)67-63-59-55-51-47-43-39-35-22-20-18-16-14-12-10-8-6-4-2/h24,26,70-71,75-76H,3-23,25,27-69H2,1-2H3,(H,74,77)/b26-24-. The first-order valence-electron chi connectivity index (χ1n) is 36.4. The molecule has 2 atom stereocenters. The van der Waals surface area contributed by atoms with E-state index >= 15 is 0 Å². The number of aliphatic hydroxyl groups is 2. The van der Waals surface area contributed by atoms with Crippen molar-refractivity contribution in [3.63, 3.8) is 0 Å². The smallest absolute Gasteiger partial charge is 0.305 e. The molecule has 0 rings (SSSR count). The van der Waals surface area contributed by atoms with Crippen LogP contribution < -0.4 is 5.32 Å². The molecule has 0 saturated carbocycles. The van der Waals surface area contributed by atoms with Crippen molar-refractivity contribution in [3.05, 3.63) is 12.2 Å². The van der Waals surface area contributed by atoms with Crippen molar-refractivity contribution in [2.45, 2.75) is 431 Å². The van der Waals surface area contributed by atoms with Gasteiger partial charge in [0.05, 0.1) is 25.4 Å². The molecule has 0 saturated heterocycles. The van der Waals surface area contributed by atoms with Crippen molar-refractivity contribution in [1.82, 2.24) is 5.32 Å². The Bertz CT molecular complexity index is 1190. The second-order valence-corrected chi connectivity index (χ2v) is 25.3. The number of esters is 1. The molecule has 0 aliphatic rings. The van der Waals surface area contributed by atoms with Gasteiger partial charge >= 0.3 is 5.97 Å². The van der Waals surface area contributed by atoms with Crippen molar-refractivity contribution in [2.75, 3.05) is 13.2 Å². The Balaban J connectivity index is 3.37. The van der Waals surface area contributed by atoms with Crippen molar-refractivity contribution < 1.29 is 24.5 Å². The van der Waals surface area contributed by atoms with Gasteiger partial charge < -0.3 is 20.3 Å². The summed E-state index contributed by atoms with van der Waals surface area (Å²) < 4.78 is 5.51. The van der Waals surface area contributed by atoms with Crippen LogP contribution in [0.15, 0.2) is 12.2 Å². The first-order valence-corrected chi connectivity index (χ1v) is 36.4. The first kappa shape index (κ1) is 77.6. The summed E-state index contributed by atoms with van der Waals surface area (Å²) >= 11 is 0. The quantitative estimate of drug-likeness (QED) is 0.0320. The van der Waals surface area contributed by atoms with Crippen LogP contribution >= 0.6 is 0 Å². The minimum Gasteiger partial charge on any atom is -0.466 e. The molecule has 2 unspecified atom stereocenters. The van der Waals surface area contributed by atoms with Crippen LogP contribution in [0, 0.1) is 0 Å². The van der Waals surface area contributed by atoms with Gasteiger partial charge in [0, 0.05) is 12.8 Å². The minimum absolute atomic E-state index is 0.0191. The average Bonchev–Trinajstić information content (AvgIpc) is 3.45. The second kappa shape index (κ2) is 69.1. The molecule has 0 aromatic heterocycles. The van der Waals surface area contributed by atoms with Gasteiger partial charge in [-0.15, -0.1) is 0 Å². The van der Waals surface area contributed by atoms with Crippen LogP contribution in [0.1, 0.15) is 418 Å². The zero-order valence-electron chi connectivity index (χ0n) is 53.9. The van der Waals surface area contributed by atoms with Crippen LogP contribution in [-0.4, -0.2) is 47.4 Å². The summed E-state index contributed by atoms with van der Waals surface area (Å²) in [5.41, 5.74) is 0. The third-order valence-corrected chi connectivity index (χ3v) is 17.3. The number of amides is 1. The van der Waals surface area contributed by atoms with Crippen molar-refractivity contribution in [2.24, 2.45) is 0 Å². The van der Waals surface area contributed by atoms with Gasteiger partial charge in [-0.05, 0) is 51.4 Å². The summed E-state index contributed by atoms with van der Waals surface area (Å²) in [6.07, 6.45) is 85.5. The molecule has 0 heterocycles. The van der Waals surface area contributed by atoms with E-state index in [0.717, 1.165) is 38.5 Å². The van der Waals surface area contributed by atoms with Crippen molar-refractivity contribution in [3.8, 4) is 0 Å². The van der Waals surface area contributed by atoms with Gasteiger partial charge in [0.15, 0.2) is 0 Å². The maximum Gasteiger partial charge on any atom is 0.305 e. The van der Waals surface area contributed by atoms with E-state index in [1.807, 2.05) is 0 Å². The number of allylic oxidation sites excluding steroid dienone is 2. The normalized spacial score (nSPS) is 12.5. The van der Waals surface area contributed by atoms with Crippen molar-refractivity contribution >= 4 is 11.9 Å². The minimum atomic E-state index is -0.666. The van der Waals surface area contributed by atoms with Gasteiger partial charge in [-0.3, -0.25) is 9.59 Å². The molecule has 0 aliphatic carbocycles. The third-order valence-electron chi connectivity index (χ3n) is 17.3. The fourth-order valence-electron chi connectivity index (χ4n) is 11.8. The topological polar surface area (TPSA) is 95.9 Å². The van der Waals surface area contributed by atoms with Crippen LogP contribution in [-0.2, 0) is 14.3 Å². The lowest BCUT2D eigenvalue weighted by atomic mass is 10.0. The van der Waals surface area contributed by atoms with Gasteiger partial charge in [-0.2, -0.15) is 0 Å². The van der Waals surface area contributed by atoms with Crippen molar-refractivity contribution in [1.29, 1.82) is 0 Å². The zero-order chi connectivity index (χ0) is 57.1. The predicted molar refractivity (Wildman–Crippen MR) is 347 cm³/mol. The molecule has 0 aliphatic heterocycles. The zero-order valence-corrected chi connectivity index (χ0v) is 53.9. The Morgan fingerprint density at radius 2 is 0.595 bits per heavy atom. The molecule has 0 bridgehead atoms. The Kier molecular flexibility index (Phi) is 67.9. The molecule has 79 heavy (non-hydrogen) atoms. The van der Waals surface area contributed by atoms with Gasteiger partial charge in [-0.25, -0.2) is 0 Å². The van der Waals surface area contributed by atoms with Gasteiger partial charge in [-0.1, -0.05) is 366 Å². The lowest BCUT2D eigenvalue weighted by molar-refractivity contribution is -0.143.